The summed E-state index contributed by atoms with van der Waals surface area (Å²) in [5.41, 5.74) is -1.25. The molecule has 1 aliphatic heterocycles. The maximum absolute atomic E-state index is 11.9. The molecule has 0 aliphatic carbocycles. The van der Waals surface area contributed by atoms with Crippen molar-refractivity contribution in [3.05, 3.63) is 0 Å². The number of rotatable bonds is 4. The number of likely N-dealkylation sites (tertiary alicyclic amines) is 1. The molecule has 1 heterocycles. The first kappa shape index (κ1) is 15.7. The first-order chi connectivity index (χ1) is 8.67. The molecule has 0 radical (unpaired) electrons. The second-order valence-electron chi connectivity index (χ2n) is 4.79. The highest BCUT2D eigenvalue weighted by Gasteiger charge is 2.43. The number of hydrogen-bond acceptors (Lipinski definition) is 4. The number of urea groups is 1. The zero-order valence-electron chi connectivity index (χ0n) is 10.8. The van der Waals surface area contributed by atoms with E-state index in [0.717, 1.165) is 12.8 Å². The van der Waals surface area contributed by atoms with Gasteiger partial charge in [-0.3, -0.25) is 0 Å². The number of nitrogens with zero attached hydrogens (tertiary/aromatic N) is 1. The van der Waals surface area contributed by atoms with Crippen LogP contribution in [0.2, 0.25) is 0 Å². The molecule has 9 heteroatoms. The maximum atomic E-state index is 11.9. The second-order valence-corrected chi connectivity index (χ2v) is 6.52. The molecular weight excluding hydrogens is 274 g/mol. The van der Waals surface area contributed by atoms with Crippen molar-refractivity contribution < 1.29 is 23.1 Å². The minimum absolute atomic E-state index is 0.135. The van der Waals surface area contributed by atoms with E-state index >= 15 is 0 Å². The van der Waals surface area contributed by atoms with Gasteiger partial charge in [0.25, 0.3) is 0 Å². The van der Waals surface area contributed by atoms with Crippen LogP contribution in [0, 0.1) is 0 Å². The van der Waals surface area contributed by atoms with Crippen molar-refractivity contribution in [2.75, 3.05) is 18.8 Å². The highest BCUT2D eigenvalue weighted by Crippen LogP contribution is 2.28. The minimum atomic E-state index is -3.65. The molecule has 4 N–H and O–H groups in total. The van der Waals surface area contributed by atoms with Crippen LogP contribution in [-0.2, 0) is 14.8 Å². The third-order valence-electron chi connectivity index (χ3n) is 3.26. The number of nitrogens with two attached hydrogens (primary N) is 1. The van der Waals surface area contributed by atoms with Gasteiger partial charge in [0.05, 0.1) is 5.75 Å². The number of aliphatic carboxylic acids is 1. The van der Waals surface area contributed by atoms with E-state index in [0.29, 0.717) is 13.0 Å². The van der Waals surface area contributed by atoms with Crippen molar-refractivity contribution in [2.24, 2.45) is 5.14 Å². The predicted molar refractivity (Wildman–Crippen MR) is 68.0 cm³/mol. The first-order valence-corrected chi connectivity index (χ1v) is 7.68. The maximum Gasteiger partial charge on any atom is 0.329 e. The lowest BCUT2D eigenvalue weighted by Crippen LogP contribution is -2.60. The van der Waals surface area contributed by atoms with Gasteiger partial charge in [0.15, 0.2) is 0 Å². The van der Waals surface area contributed by atoms with Gasteiger partial charge in [-0.1, -0.05) is 0 Å². The van der Waals surface area contributed by atoms with E-state index < -0.39 is 27.6 Å². The average molecular weight is 293 g/mol. The topological polar surface area (TPSA) is 130 Å². The van der Waals surface area contributed by atoms with Crippen molar-refractivity contribution in [1.82, 2.24) is 10.2 Å². The van der Waals surface area contributed by atoms with E-state index in [1.54, 1.807) is 0 Å². The van der Waals surface area contributed by atoms with Crippen LogP contribution in [0.1, 0.15) is 26.2 Å². The lowest BCUT2D eigenvalue weighted by atomic mass is 9.89. The van der Waals surface area contributed by atoms with Crippen molar-refractivity contribution in [1.29, 1.82) is 0 Å². The Morgan fingerprint density at radius 1 is 1.42 bits per heavy atom. The second kappa shape index (κ2) is 5.74. The number of primary sulfonamides is 1. The molecular formula is C10H19N3O5S. The Hall–Kier alpha value is -1.35. The average Bonchev–Trinajstić information content (AvgIpc) is 2.27. The van der Waals surface area contributed by atoms with Gasteiger partial charge < -0.3 is 15.3 Å². The standard InChI is InChI=1S/C10H19N3O5S/c1-10(8(14)15)4-2-3-6-13(10)9(16)12-5-7-19(11,17)18/h2-7H2,1H3,(H,12,16)(H,14,15)(H2,11,17,18). The van der Waals surface area contributed by atoms with E-state index in [1.807, 2.05) is 0 Å². The largest absolute Gasteiger partial charge is 0.480 e. The smallest absolute Gasteiger partial charge is 0.329 e. The predicted octanol–water partition coefficient (Wildman–Crippen LogP) is -0.686. The molecule has 2 amide bonds. The van der Waals surface area contributed by atoms with Crippen LogP contribution >= 0.6 is 0 Å². The molecule has 1 aliphatic rings. The fourth-order valence-electron chi connectivity index (χ4n) is 2.06. The van der Waals surface area contributed by atoms with Gasteiger partial charge in [0, 0.05) is 13.1 Å². The van der Waals surface area contributed by atoms with Crippen LogP contribution in [0.4, 0.5) is 4.79 Å². The van der Waals surface area contributed by atoms with E-state index in [4.69, 9.17) is 5.14 Å². The molecule has 1 fully saturated rings. The Morgan fingerprint density at radius 3 is 2.58 bits per heavy atom. The molecule has 0 saturated carbocycles. The van der Waals surface area contributed by atoms with Crippen LogP contribution in [0.3, 0.4) is 0 Å². The molecule has 8 nitrogen and oxygen atoms in total. The molecule has 1 atom stereocenters. The summed E-state index contributed by atoms with van der Waals surface area (Å²) in [5.74, 6) is -1.44. The van der Waals surface area contributed by atoms with E-state index in [9.17, 15) is 23.1 Å². The van der Waals surface area contributed by atoms with Crippen LogP contribution < -0.4 is 10.5 Å². The molecule has 0 aromatic rings. The third kappa shape index (κ3) is 4.06. The molecule has 0 bridgehead atoms. The van der Waals surface area contributed by atoms with E-state index in [1.165, 1.54) is 11.8 Å². The Morgan fingerprint density at radius 2 is 2.05 bits per heavy atom. The van der Waals surface area contributed by atoms with Gasteiger partial charge in [-0.15, -0.1) is 0 Å². The molecule has 0 aromatic carbocycles. The SMILES string of the molecule is CC1(C(=O)O)CCCCN1C(=O)NCCS(N)(=O)=O. The Labute approximate surface area is 112 Å². The molecule has 110 valence electrons. The fraction of sp³-hybridized carbons (Fsp3) is 0.800. The molecule has 1 saturated heterocycles. The minimum Gasteiger partial charge on any atom is -0.480 e. The zero-order chi connectivity index (χ0) is 14.7. The Bertz CT molecular complexity index is 464. The van der Waals surface area contributed by atoms with Gasteiger partial charge in [0.1, 0.15) is 5.54 Å². The molecule has 0 aromatic heterocycles. The van der Waals surface area contributed by atoms with Gasteiger partial charge >= 0.3 is 12.0 Å². The monoisotopic (exact) mass is 293 g/mol. The number of amides is 2. The first-order valence-electron chi connectivity index (χ1n) is 5.96. The van der Waals surface area contributed by atoms with Gasteiger partial charge in [-0.25, -0.2) is 23.1 Å². The lowest BCUT2D eigenvalue weighted by Gasteiger charge is -2.41. The third-order valence-corrected chi connectivity index (χ3v) is 4.03. The van der Waals surface area contributed by atoms with E-state index in [-0.39, 0.29) is 12.3 Å². The number of carbonyl (C=O) groups is 2. The Kier molecular flexibility index (Phi) is 4.75. The number of carboxylic acids is 1. The van der Waals surface area contributed by atoms with Crippen molar-refractivity contribution in [3.63, 3.8) is 0 Å². The molecule has 1 unspecified atom stereocenters. The summed E-state index contributed by atoms with van der Waals surface area (Å²) in [6.07, 6.45) is 1.85. The zero-order valence-corrected chi connectivity index (χ0v) is 11.6. The highest BCUT2D eigenvalue weighted by atomic mass is 32.2. The molecule has 0 spiro atoms. The van der Waals surface area contributed by atoms with Crippen molar-refractivity contribution in [3.8, 4) is 0 Å². The van der Waals surface area contributed by atoms with Crippen LogP contribution in [0.25, 0.3) is 0 Å². The number of carbonyl (C=O) groups excluding carboxylic acids is 1. The van der Waals surface area contributed by atoms with Crippen LogP contribution in [0.15, 0.2) is 0 Å². The summed E-state index contributed by atoms with van der Waals surface area (Å²) in [4.78, 5) is 24.4. The van der Waals surface area contributed by atoms with Crippen molar-refractivity contribution in [2.45, 2.75) is 31.7 Å². The number of nitrogens with one attached hydrogen (secondary N) is 1. The highest BCUT2D eigenvalue weighted by molar-refractivity contribution is 7.89. The van der Waals surface area contributed by atoms with Crippen LogP contribution in [-0.4, -0.2) is 54.8 Å². The summed E-state index contributed by atoms with van der Waals surface area (Å²) >= 11 is 0. The lowest BCUT2D eigenvalue weighted by molar-refractivity contribution is -0.150. The number of sulfonamides is 1. The summed E-state index contributed by atoms with van der Waals surface area (Å²) in [6, 6.07) is -0.576. The summed E-state index contributed by atoms with van der Waals surface area (Å²) in [7, 11) is -3.65. The number of hydrogen-bond donors (Lipinski definition) is 3. The molecule has 1 rings (SSSR count). The summed E-state index contributed by atoms with van der Waals surface area (Å²) in [5, 5.41) is 16.4. The Balaban J connectivity index is 2.66. The van der Waals surface area contributed by atoms with Crippen LogP contribution in [0.5, 0.6) is 0 Å². The summed E-state index contributed by atoms with van der Waals surface area (Å²) in [6.45, 7) is 1.70. The summed E-state index contributed by atoms with van der Waals surface area (Å²) < 4.78 is 21.5. The fourth-order valence-corrected chi connectivity index (χ4v) is 2.45. The normalized spacial score (nSPS) is 24.0. The van der Waals surface area contributed by atoms with Gasteiger partial charge in [0.2, 0.25) is 10.0 Å². The van der Waals surface area contributed by atoms with Gasteiger partial charge in [-0.05, 0) is 26.2 Å². The number of carboxylic acid groups (broad SMARTS) is 1. The molecule has 19 heavy (non-hydrogen) atoms. The van der Waals surface area contributed by atoms with E-state index in [2.05, 4.69) is 5.32 Å². The quantitative estimate of drug-likeness (QED) is 0.632. The number of piperidine rings is 1. The van der Waals surface area contributed by atoms with Gasteiger partial charge in [-0.2, -0.15) is 0 Å². The van der Waals surface area contributed by atoms with Crippen molar-refractivity contribution >= 4 is 22.0 Å².